The van der Waals surface area contributed by atoms with Crippen LogP contribution in [-0.4, -0.2) is 74.4 Å². The van der Waals surface area contributed by atoms with E-state index >= 15 is 0 Å². The van der Waals surface area contributed by atoms with Gasteiger partial charge in [0.25, 0.3) is 0 Å². The van der Waals surface area contributed by atoms with Crippen LogP contribution < -0.4 is 19.1 Å². The Kier molecular flexibility index (Phi) is 12.2. The van der Waals surface area contributed by atoms with Crippen LogP contribution in [-0.2, 0) is 9.53 Å². The molecule has 236 valence electrons. The highest BCUT2D eigenvalue weighted by molar-refractivity contribution is 5.95. The number of carbonyl (C=O) groups excluding carboxylic acids is 2. The maximum atomic E-state index is 13.6. The zero-order chi connectivity index (χ0) is 31.3. The van der Waals surface area contributed by atoms with E-state index in [1.54, 1.807) is 36.5 Å². The summed E-state index contributed by atoms with van der Waals surface area (Å²) in [6.07, 6.45) is 14.5. The van der Waals surface area contributed by atoms with Crippen LogP contribution in [0.25, 0.3) is 0 Å². The lowest BCUT2D eigenvalue weighted by Crippen LogP contribution is -2.53. The van der Waals surface area contributed by atoms with E-state index < -0.39 is 6.04 Å². The van der Waals surface area contributed by atoms with E-state index in [0.717, 1.165) is 44.9 Å². The Balaban J connectivity index is 1.26. The van der Waals surface area contributed by atoms with E-state index in [2.05, 4.69) is 22.1 Å². The van der Waals surface area contributed by atoms with Crippen LogP contribution in [0.5, 0.6) is 17.2 Å². The number of pyridine rings is 2. The first kappa shape index (κ1) is 32.6. The van der Waals surface area contributed by atoms with Gasteiger partial charge >= 0.3 is 12.0 Å². The Morgan fingerprint density at radius 2 is 1.55 bits per heavy atom. The minimum Gasteiger partial charge on any atom is -0.493 e. The fraction of sp³-hybridized carbons (Fsp3) is 0.471. The fourth-order valence-corrected chi connectivity index (χ4v) is 5.73. The number of methoxy groups -OCH3 is 3. The third-order valence-electron chi connectivity index (χ3n) is 8.15. The molecular formula is C34H44N4O6. The molecule has 3 heterocycles. The van der Waals surface area contributed by atoms with Gasteiger partial charge in [0.15, 0.2) is 11.5 Å². The van der Waals surface area contributed by atoms with Crippen LogP contribution in [0.1, 0.15) is 68.4 Å². The molecule has 10 heteroatoms. The molecule has 0 N–H and O–H groups in total. The number of amides is 2. The maximum absolute atomic E-state index is 13.6. The normalized spacial score (nSPS) is 14.7. The summed E-state index contributed by atoms with van der Waals surface area (Å²) in [5.74, 6) is 1.25. The summed E-state index contributed by atoms with van der Waals surface area (Å²) in [6, 6.07) is 10.7. The Labute approximate surface area is 260 Å². The lowest BCUT2D eigenvalue weighted by Gasteiger charge is -2.36. The predicted octanol–water partition coefficient (Wildman–Crippen LogP) is 6.24. The number of urea groups is 1. The van der Waals surface area contributed by atoms with Crippen molar-refractivity contribution in [3.8, 4) is 17.2 Å². The number of nitrogens with zero attached hydrogens (tertiary/aromatic N) is 4. The van der Waals surface area contributed by atoms with Crippen LogP contribution >= 0.6 is 0 Å². The number of unbranched alkanes of at least 4 members (excludes halogenated alkanes) is 3. The lowest BCUT2D eigenvalue weighted by molar-refractivity contribution is -0.150. The summed E-state index contributed by atoms with van der Waals surface area (Å²) in [5, 5.41) is 0. The molecule has 2 aromatic heterocycles. The number of likely N-dealkylation sites (tertiary alicyclic amines) is 1. The van der Waals surface area contributed by atoms with Crippen molar-refractivity contribution in [1.29, 1.82) is 0 Å². The number of benzene rings is 1. The van der Waals surface area contributed by atoms with Crippen LogP contribution in [0.15, 0.2) is 61.2 Å². The number of rotatable bonds is 14. The highest BCUT2D eigenvalue weighted by atomic mass is 16.5. The molecule has 1 atom stereocenters. The Morgan fingerprint density at radius 3 is 2.11 bits per heavy atom. The van der Waals surface area contributed by atoms with Gasteiger partial charge in [-0.3, -0.25) is 14.9 Å². The highest BCUT2D eigenvalue weighted by Gasteiger charge is 2.35. The van der Waals surface area contributed by atoms with Gasteiger partial charge in [0, 0.05) is 56.4 Å². The van der Waals surface area contributed by atoms with Crippen molar-refractivity contribution in [2.75, 3.05) is 46.4 Å². The number of aromatic nitrogens is 2. The molecule has 0 bridgehead atoms. The Hall–Kier alpha value is -4.34. The van der Waals surface area contributed by atoms with E-state index in [1.165, 1.54) is 37.4 Å². The summed E-state index contributed by atoms with van der Waals surface area (Å²) in [6.45, 7) is 0.830. The second-order valence-corrected chi connectivity index (χ2v) is 10.9. The third kappa shape index (κ3) is 8.18. The molecular weight excluding hydrogens is 560 g/mol. The second kappa shape index (κ2) is 16.5. The largest absolute Gasteiger partial charge is 0.493 e. The summed E-state index contributed by atoms with van der Waals surface area (Å²) in [5.41, 5.74) is 2.95. The SMILES string of the molecule is COc1cc(N(C)C(=O)N2CCCC[C@H]2C(=O)OCCCCCCC(c2cccnc2)c2cccnc2)cc(OC)c1OC. The first-order valence-corrected chi connectivity index (χ1v) is 15.3. The topological polar surface area (TPSA) is 103 Å². The Bertz CT molecular complexity index is 1280. The van der Waals surface area contributed by atoms with Gasteiger partial charge in [-0.25, -0.2) is 9.59 Å². The number of carbonyl (C=O) groups is 2. The fourth-order valence-electron chi connectivity index (χ4n) is 5.73. The smallest absolute Gasteiger partial charge is 0.328 e. The minimum atomic E-state index is -0.611. The van der Waals surface area contributed by atoms with Crippen molar-refractivity contribution in [3.63, 3.8) is 0 Å². The van der Waals surface area contributed by atoms with E-state index in [4.69, 9.17) is 18.9 Å². The standard InChI is InChI=1S/C34H44N4O6/c1-37(27-21-30(41-2)32(43-4)31(22-27)42-3)34(40)38-19-9-8-16-29(38)33(39)44-20-10-6-5-7-15-28(25-13-11-17-35-23-25)26-14-12-18-36-24-26/h11-14,17-18,21-24,28-29H,5-10,15-16,19-20H2,1-4H3/t29-/m0/s1. The van der Waals surface area contributed by atoms with E-state index in [-0.39, 0.29) is 17.9 Å². The van der Waals surface area contributed by atoms with Crippen LogP contribution in [0.3, 0.4) is 0 Å². The van der Waals surface area contributed by atoms with Crippen LogP contribution in [0.2, 0.25) is 0 Å². The number of esters is 1. The zero-order valence-corrected chi connectivity index (χ0v) is 26.2. The molecule has 1 aliphatic heterocycles. The second-order valence-electron chi connectivity index (χ2n) is 10.9. The van der Waals surface area contributed by atoms with Gasteiger partial charge in [0.05, 0.1) is 33.6 Å². The Morgan fingerprint density at radius 1 is 0.909 bits per heavy atom. The van der Waals surface area contributed by atoms with Crippen molar-refractivity contribution < 1.29 is 28.5 Å². The maximum Gasteiger partial charge on any atom is 0.328 e. The van der Waals surface area contributed by atoms with Gasteiger partial charge in [0.1, 0.15) is 6.04 Å². The summed E-state index contributed by atoms with van der Waals surface area (Å²) >= 11 is 0. The molecule has 4 rings (SSSR count). The van der Waals surface area contributed by atoms with Crippen molar-refractivity contribution in [2.24, 2.45) is 0 Å². The molecule has 0 unspecified atom stereocenters. The van der Waals surface area contributed by atoms with Gasteiger partial charge in [-0.15, -0.1) is 0 Å². The highest BCUT2D eigenvalue weighted by Crippen LogP contribution is 2.41. The summed E-state index contributed by atoms with van der Waals surface area (Å²) < 4.78 is 22.0. The number of hydrogen-bond acceptors (Lipinski definition) is 8. The number of hydrogen-bond donors (Lipinski definition) is 0. The van der Waals surface area contributed by atoms with Crippen LogP contribution in [0.4, 0.5) is 10.5 Å². The van der Waals surface area contributed by atoms with Crippen molar-refractivity contribution in [2.45, 2.75) is 63.3 Å². The van der Waals surface area contributed by atoms with E-state index in [0.29, 0.717) is 42.5 Å². The number of ether oxygens (including phenoxy) is 4. The molecule has 1 aliphatic rings. The average Bonchev–Trinajstić information content (AvgIpc) is 3.08. The molecule has 10 nitrogen and oxygen atoms in total. The van der Waals surface area contributed by atoms with Gasteiger partial charge in [0.2, 0.25) is 5.75 Å². The average molecular weight is 605 g/mol. The molecule has 0 spiro atoms. The number of piperidine rings is 1. The first-order chi connectivity index (χ1) is 21.5. The number of anilines is 1. The minimum absolute atomic E-state index is 0.253. The van der Waals surface area contributed by atoms with E-state index in [1.807, 2.05) is 24.5 Å². The van der Waals surface area contributed by atoms with Crippen molar-refractivity contribution in [3.05, 3.63) is 72.3 Å². The molecule has 0 aliphatic carbocycles. The quantitative estimate of drug-likeness (QED) is 0.157. The lowest BCUT2D eigenvalue weighted by atomic mass is 9.88. The van der Waals surface area contributed by atoms with Gasteiger partial charge < -0.3 is 23.8 Å². The van der Waals surface area contributed by atoms with Gasteiger partial charge in [-0.1, -0.05) is 31.4 Å². The van der Waals surface area contributed by atoms with Gasteiger partial charge in [-0.2, -0.15) is 0 Å². The molecule has 1 saturated heterocycles. The van der Waals surface area contributed by atoms with E-state index in [9.17, 15) is 9.59 Å². The molecule has 0 radical (unpaired) electrons. The predicted molar refractivity (Wildman–Crippen MR) is 169 cm³/mol. The zero-order valence-electron chi connectivity index (χ0n) is 26.2. The third-order valence-corrected chi connectivity index (χ3v) is 8.15. The van der Waals surface area contributed by atoms with Crippen molar-refractivity contribution in [1.82, 2.24) is 14.9 Å². The summed E-state index contributed by atoms with van der Waals surface area (Å²) in [7, 11) is 6.26. The molecule has 0 saturated carbocycles. The summed E-state index contributed by atoms with van der Waals surface area (Å²) in [4.78, 5) is 38.5. The molecule has 44 heavy (non-hydrogen) atoms. The van der Waals surface area contributed by atoms with Crippen molar-refractivity contribution >= 4 is 17.7 Å². The molecule has 1 aromatic carbocycles. The molecule has 1 fully saturated rings. The molecule has 2 amide bonds. The monoisotopic (exact) mass is 604 g/mol. The van der Waals surface area contributed by atoms with Gasteiger partial charge in [-0.05, 0) is 55.4 Å². The van der Waals surface area contributed by atoms with Crippen LogP contribution in [0, 0.1) is 0 Å². The first-order valence-electron chi connectivity index (χ1n) is 15.3. The molecule has 3 aromatic rings.